The predicted molar refractivity (Wildman–Crippen MR) is 89.1 cm³/mol. The number of benzene rings is 2. The zero-order valence-electron chi connectivity index (χ0n) is 13.3. The number of anilines is 1. The van der Waals surface area contributed by atoms with Gasteiger partial charge in [0.2, 0.25) is 5.91 Å². The summed E-state index contributed by atoms with van der Waals surface area (Å²) in [5, 5.41) is 2.89. The number of nitrogens with one attached hydrogen (secondary N) is 1. The normalized spacial score (nSPS) is 10.5. The summed E-state index contributed by atoms with van der Waals surface area (Å²) in [7, 11) is 3.53. The van der Waals surface area contributed by atoms with Crippen LogP contribution in [-0.2, 0) is 11.3 Å². The van der Waals surface area contributed by atoms with Crippen LogP contribution in [0.1, 0.15) is 11.1 Å². The number of hydrogen-bond donors (Lipinski definition) is 1. The number of carbonyl (C=O) groups excluding carboxylic acids is 1. The largest absolute Gasteiger partial charge is 0.495 e. The van der Waals surface area contributed by atoms with Gasteiger partial charge in [0.1, 0.15) is 5.75 Å². The smallest absolute Gasteiger partial charge is 0.238 e. The third-order valence-electron chi connectivity index (χ3n) is 3.50. The molecule has 1 amide bonds. The quantitative estimate of drug-likeness (QED) is 0.891. The highest BCUT2D eigenvalue weighted by Crippen LogP contribution is 2.22. The fraction of sp³-hybridized carbons (Fsp3) is 0.278. The minimum Gasteiger partial charge on any atom is -0.495 e. The molecule has 22 heavy (non-hydrogen) atoms. The summed E-state index contributed by atoms with van der Waals surface area (Å²) in [5.74, 6) is 0.609. The van der Waals surface area contributed by atoms with E-state index < -0.39 is 0 Å². The Morgan fingerprint density at radius 1 is 1.14 bits per heavy atom. The molecular weight excluding hydrogens is 276 g/mol. The van der Waals surface area contributed by atoms with E-state index in [9.17, 15) is 4.79 Å². The summed E-state index contributed by atoms with van der Waals surface area (Å²) in [6.45, 7) is 3.15. The van der Waals surface area contributed by atoms with Crippen LogP contribution in [0.25, 0.3) is 0 Å². The van der Waals surface area contributed by atoms with Crippen molar-refractivity contribution in [2.24, 2.45) is 0 Å². The summed E-state index contributed by atoms with van der Waals surface area (Å²) < 4.78 is 5.23. The van der Waals surface area contributed by atoms with Crippen molar-refractivity contribution in [2.45, 2.75) is 13.5 Å². The average Bonchev–Trinajstić information content (AvgIpc) is 2.50. The van der Waals surface area contributed by atoms with Gasteiger partial charge in [0.05, 0.1) is 19.3 Å². The molecule has 0 unspecified atom stereocenters. The van der Waals surface area contributed by atoms with Crippen molar-refractivity contribution in [3.05, 3.63) is 59.7 Å². The van der Waals surface area contributed by atoms with Crippen molar-refractivity contribution < 1.29 is 9.53 Å². The van der Waals surface area contributed by atoms with Crippen LogP contribution in [0.4, 0.5) is 5.69 Å². The van der Waals surface area contributed by atoms with Gasteiger partial charge in [-0.3, -0.25) is 9.69 Å². The van der Waals surface area contributed by atoms with Crippen LogP contribution in [0.2, 0.25) is 0 Å². The summed E-state index contributed by atoms with van der Waals surface area (Å²) in [5.41, 5.74) is 3.16. The van der Waals surface area contributed by atoms with Crippen LogP contribution >= 0.6 is 0 Å². The summed E-state index contributed by atoms with van der Waals surface area (Å²) in [4.78, 5) is 14.2. The Bertz CT molecular complexity index is 640. The van der Waals surface area contributed by atoms with Crippen molar-refractivity contribution in [1.82, 2.24) is 4.90 Å². The third-order valence-corrected chi connectivity index (χ3v) is 3.50. The van der Waals surface area contributed by atoms with Gasteiger partial charge in [0, 0.05) is 6.54 Å². The average molecular weight is 298 g/mol. The molecule has 2 rings (SSSR count). The van der Waals surface area contributed by atoms with Gasteiger partial charge in [0.25, 0.3) is 0 Å². The molecule has 0 aromatic heterocycles. The van der Waals surface area contributed by atoms with E-state index in [-0.39, 0.29) is 5.91 Å². The molecule has 0 saturated heterocycles. The van der Waals surface area contributed by atoms with Crippen LogP contribution in [0, 0.1) is 6.92 Å². The molecule has 4 heteroatoms. The molecule has 0 spiro atoms. The molecule has 0 aliphatic heterocycles. The van der Waals surface area contributed by atoms with Crippen LogP contribution in [0.3, 0.4) is 0 Å². The number of likely N-dealkylation sites (N-methyl/N-ethyl adjacent to an activating group) is 1. The standard InChI is InChI=1S/C18H22N2O2/c1-14-8-4-5-9-15(14)12-20(2)13-18(21)19-16-10-6-7-11-17(16)22-3/h4-11H,12-13H2,1-3H3,(H,19,21). The molecule has 0 bridgehead atoms. The van der Waals surface area contributed by atoms with Crippen LogP contribution in [0.15, 0.2) is 48.5 Å². The Hall–Kier alpha value is -2.33. The van der Waals surface area contributed by atoms with Crippen LogP contribution < -0.4 is 10.1 Å². The number of rotatable bonds is 6. The lowest BCUT2D eigenvalue weighted by Gasteiger charge is -2.18. The number of methoxy groups -OCH3 is 1. The highest BCUT2D eigenvalue weighted by Gasteiger charge is 2.10. The first-order chi connectivity index (χ1) is 10.6. The van der Waals surface area contributed by atoms with E-state index >= 15 is 0 Å². The monoisotopic (exact) mass is 298 g/mol. The van der Waals surface area contributed by atoms with Gasteiger partial charge in [-0.05, 0) is 37.2 Å². The molecule has 2 aromatic rings. The zero-order chi connectivity index (χ0) is 15.9. The van der Waals surface area contributed by atoms with E-state index in [0.717, 1.165) is 6.54 Å². The van der Waals surface area contributed by atoms with E-state index in [1.165, 1.54) is 11.1 Å². The molecule has 4 nitrogen and oxygen atoms in total. The lowest BCUT2D eigenvalue weighted by Crippen LogP contribution is -2.30. The molecule has 116 valence electrons. The number of amides is 1. The first-order valence-electron chi connectivity index (χ1n) is 7.26. The Morgan fingerprint density at radius 3 is 2.55 bits per heavy atom. The van der Waals surface area contributed by atoms with E-state index in [1.807, 2.05) is 48.3 Å². The van der Waals surface area contributed by atoms with Gasteiger partial charge in [-0.1, -0.05) is 36.4 Å². The first-order valence-corrected chi connectivity index (χ1v) is 7.26. The van der Waals surface area contributed by atoms with Crippen molar-refractivity contribution in [3.8, 4) is 5.75 Å². The summed E-state index contributed by atoms with van der Waals surface area (Å²) in [6.07, 6.45) is 0. The molecule has 0 aliphatic carbocycles. The number of carbonyl (C=O) groups is 1. The van der Waals surface area contributed by atoms with Gasteiger partial charge in [-0.15, -0.1) is 0 Å². The molecule has 0 saturated carbocycles. The maximum atomic E-state index is 12.2. The van der Waals surface area contributed by atoms with Crippen molar-refractivity contribution >= 4 is 11.6 Å². The number of ether oxygens (including phenoxy) is 1. The Morgan fingerprint density at radius 2 is 1.82 bits per heavy atom. The summed E-state index contributed by atoms with van der Waals surface area (Å²) >= 11 is 0. The number of nitrogens with zero attached hydrogens (tertiary/aromatic N) is 1. The molecule has 0 fully saturated rings. The highest BCUT2D eigenvalue weighted by atomic mass is 16.5. The lowest BCUT2D eigenvalue weighted by molar-refractivity contribution is -0.117. The molecule has 2 aromatic carbocycles. The number of hydrogen-bond acceptors (Lipinski definition) is 3. The highest BCUT2D eigenvalue weighted by molar-refractivity contribution is 5.93. The molecule has 0 aliphatic rings. The van der Waals surface area contributed by atoms with Crippen molar-refractivity contribution in [2.75, 3.05) is 26.0 Å². The van der Waals surface area contributed by atoms with Gasteiger partial charge in [-0.25, -0.2) is 0 Å². The van der Waals surface area contributed by atoms with Crippen LogP contribution in [0.5, 0.6) is 5.75 Å². The van der Waals surface area contributed by atoms with E-state index in [4.69, 9.17) is 4.74 Å². The molecular formula is C18H22N2O2. The minimum absolute atomic E-state index is 0.0550. The first kappa shape index (κ1) is 16.0. The van der Waals surface area contributed by atoms with Gasteiger partial charge < -0.3 is 10.1 Å². The van der Waals surface area contributed by atoms with E-state index in [1.54, 1.807) is 7.11 Å². The number of para-hydroxylation sites is 2. The topological polar surface area (TPSA) is 41.6 Å². The second kappa shape index (κ2) is 7.61. The Kier molecular flexibility index (Phi) is 5.55. The minimum atomic E-state index is -0.0550. The van der Waals surface area contributed by atoms with Crippen molar-refractivity contribution in [3.63, 3.8) is 0 Å². The van der Waals surface area contributed by atoms with E-state index in [2.05, 4.69) is 24.4 Å². The lowest BCUT2D eigenvalue weighted by atomic mass is 10.1. The van der Waals surface area contributed by atoms with Gasteiger partial charge in [-0.2, -0.15) is 0 Å². The maximum absolute atomic E-state index is 12.2. The zero-order valence-corrected chi connectivity index (χ0v) is 13.3. The molecule has 0 radical (unpaired) electrons. The SMILES string of the molecule is COc1ccccc1NC(=O)CN(C)Cc1ccccc1C. The Labute approximate surface area is 131 Å². The molecule has 0 heterocycles. The van der Waals surface area contributed by atoms with Crippen molar-refractivity contribution in [1.29, 1.82) is 0 Å². The maximum Gasteiger partial charge on any atom is 0.238 e. The predicted octanol–water partition coefficient (Wildman–Crippen LogP) is 3.07. The second-order valence-electron chi connectivity index (χ2n) is 5.35. The van der Waals surface area contributed by atoms with Crippen LogP contribution in [-0.4, -0.2) is 31.5 Å². The third kappa shape index (κ3) is 4.33. The van der Waals surface area contributed by atoms with E-state index in [0.29, 0.717) is 18.0 Å². The summed E-state index contributed by atoms with van der Waals surface area (Å²) in [6, 6.07) is 15.6. The number of aryl methyl sites for hydroxylation is 1. The van der Waals surface area contributed by atoms with Gasteiger partial charge >= 0.3 is 0 Å². The molecule has 0 atom stereocenters. The van der Waals surface area contributed by atoms with Gasteiger partial charge in [0.15, 0.2) is 0 Å². The fourth-order valence-corrected chi connectivity index (χ4v) is 2.32. The fourth-order valence-electron chi connectivity index (χ4n) is 2.32. The Balaban J connectivity index is 1.93. The second-order valence-corrected chi connectivity index (χ2v) is 5.35. The molecule has 1 N–H and O–H groups in total.